The minimum Gasteiger partial charge on any atom is -0.390 e. The van der Waals surface area contributed by atoms with Crippen molar-refractivity contribution < 1.29 is 5.11 Å². The molecule has 1 saturated heterocycles. The van der Waals surface area contributed by atoms with Gasteiger partial charge in [0.25, 0.3) is 0 Å². The molecule has 0 bridgehead atoms. The summed E-state index contributed by atoms with van der Waals surface area (Å²) < 4.78 is 1.11. The third kappa shape index (κ3) is 5.80. The van der Waals surface area contributed by atoms with Crippen LogP contribution in [0.4, 0.5) is 11.8 Å². The summed E-state index contributed by atoms with van der Waals surface area (Å²) in [5.41, 5.74) is 3.01. The molecule has 1 fully saturated rings. The summed E-state index contributed by atoms with van der Waals surface area (Å²) in [5.74, 6) is 4.03. The summed E-state index contributed by atoms with van der Waals surface area (Å²) in [6.07, 6.45) is 5.88. The maximum Gasteiger partial charge on any atom is 0.225 e. The minimum absolute atomic E-state index is 0.208. The number of aromatic nitrogens is 4. The van der Waals surface area contributed by atoms with Gasteiger partial charge >= 0.3 is 0 Å². The summed E-state index contributed by atoms with van der Waals surface area (Å²) in [6, 6.07) is 2.43. The monoisotopic (exact) mass is 500 g/mol. The fraction of sp³-hybridized carbons (Fsp3) is 0.600. The van der Waals surface area contributed by atoms with E-state index < -0.39 is 5.60 Å². The number of nitrogens with zero attached hydrogens (tertiary/aromatic N) is 4. The van der Waals surface area contributed by atoms with Gasteiger partial charge in [-0.2, -0.15) is 16.7 Å². The van der Waals surface area contributed by atoms with Gasteiger partial charge in [-0.1, -0.05) is 13.3 Å². The maximum absolute atomic E-state index is 10.5. The summed E-state index contributed by atoms with van der Waals surface area (Å²) in [7, 11) is 0. The minimum atomic E-state index is -0.704. The van der Waals surface area contributed by atoms with E-state index in [1.165, 1.54) is 11.5 Å². The van der Waals surface area contributed by atoms with Crippen molar-refractivity contribution in [2.24, 2.45) is 5.92 Å². The van der Waals surface area contributed by atoms with Crippen molar-refractivity contribution in [1.29, 1.82) is 0 Å². The van der Waals surface area contributed by atoms with Crippen molar-refractivity contribution in [1.82, 2.24) is 19.9 Å². The molecule has 0 amide bonds. The van der Waals surface area contributed by atoms with E-state index in [2.05, 4.69) is 22.5 Å². The Morgan fingerprint density at radius 3 is 2.59 bits per heavy atom. The van der Waals surface area contributed by atoms with Crippen LogP contribution in [0, 0.1) is 19.8 Å². The molecule has 3 N–H and O–H groups in total. The van der Waals surface area contributed by atoms with E-state index in [4.69, 9.17) is 15.0 Å². The number of thioether (sulfide) groups is 1. The Labute approximate surface area is 210 Å². The van der Waals surface area contributed by atoms with Gasteiger partial charge < -0.3 is 15.7 Å². The van der Waals surface area contributed by atoms with E-state index in [0.717, 1.165) is 70.2 Å². The predicted molar refractivity (Wildman–Crippen MR) is 145 cm³/mol. The first-order valence-corrected chi connectivity index (χ1v) is 14.1. The summed E-state index contributed by atoms with van der Waals surface area (Å²) in [5, 5.41) is 18.5. The first kappa shape index (κ1) is 25.1. The number of nitrogens with one attached hydrogen (secondary N) is 2. The highest BCUT2D eigenvalue weighted by molar-refractivity contribution is 7.99. The molecule has 184 valence electrons. The predicted octanol–water partition coefficient (Wildman–Crippen LogP) is 5.67. The topological polar surface area (TPSA) is 95.9 Å². The molecule has 0 radical (unpaired) electrons. The lowest BCUT2D eigenvalue weighted by Crippen LogP contribution is -2.32. The van der Waals surface area contributed by atoms with Crippen LogP contribution in [0.5, 0.6) is 0 Å². The van der Waals surface area contributed by atoms with E-state index in [1.54, 1.807) is 11.3 Å². The van der Waals surface area contributed by atoms with Gasteiger partial charge in [0.1, 0.15) is 16.3 Å². The lowest BCUT2D eigenvalue weighted by molar-refractivity contribution is 0.0130. The molecule has 0 aromatic carbocycles. The van der Waals surface area contributed by atoms with Crippen LogP contribution in [0.25, 0.3) is 20.8 Å². The van der Waals surface area contributed by atoms with Gasteiger partial charge in [-0.15, -0.1) is 11.3 Å². The Hall–Kier alpha value is -1.97. The molecule has 1 aliphatic rings. The van der Waals surface area contributed by atoms with E-state index in [1.807, 2.05) is 51.7 Å². The second-order valence-electron chi connectivity index (χ2n) is 9.62. The molecule has 1 aliphatic heterocycles. The van der Waals surface area contributed by atoms with E-state index in [-0.39, 0.29) is 5.92 Å². The van der Waals surface area contributed by atoms with Crippen LogP contribution in [-0.2, 0) is 0 Å². The molecule has 4 rings (SSSR count). The van der Waals surface area contributed by atoms with E-state index >= 15 is 0 Å². The maximum atomic E-state index is 10.5. The zero-order valence-electron chi connectivity index (χ0n) is 20.8. The molecule has 7 nitrogen and oxygen atoms in total. The Bertz CT molecular complexity index is 1120. The Kier molecular flexibility index (Phi) is 7.94. The Morgan fingerprint density at radius 1 is 1.15 bits per heavy atom. The zero-order valence-corrected chi connectivity index (χ0v) is 22.4. The van der Waals surface area contributed by atoms with E-state index in [0.29, 0.717) is 12.0 Å². The molecular formula is C25H36N6OS2. The number of aliphatic hydroxyl groups is 1. The highest BCUT2D eigenvalue weighted by atomic mass is 32.2. The normalized spacial score (nSPS) is 16.1. The Balaban J connectivity index is 1.66. The van der Waals surface area contributed by atoms with Crippen LogP contribution >= 0.6 is 23.1 Å². The number of thiazole rings is 1. The smallest absolute Gasteiger partial charge is 0.225 e. The second kappa shape index (κ2) is 10.7. The first-order valence-electron chi connectivity index (χ1n) is 12.2. The summed E-state index contributed by atoms with van der Waals surface area (Å²) >= 11 is 3.66. The van der Waals surface area contributed by atoms with Gasteiger partial charge in [0.2, 0.25) is 5.95 Å². The lowest BCUT2D eigenvalue weighted by Gasteiger charge is -2.28. The van der Waals surface area contributed by atoms with Crippen LogP contribution < -0.4 is 10.6 Å². The number of fused-ring (bicyclic) bond motifs is 1. The molecule has 34 heavy (non-hydrogen) atoms. The average Bonchev–Trinajstić information content (AvgIpc) is 3.21. The van der Waals surface area contributed by atoms with Crippen LogP contribution in [0.3, 0.4) is 0 Å². The van der Waals surface area contributed by atoms with Gasteiger partial charge in [0.15, 0.2) is 0 Å². The van der Waals surface area contributed by atoms with Gasteiger partial charge in [-0.3, -0.25) is 4.98 Å². The van der Waals surface area contributed by atoms with Crippen LogP contribution in [-0.4, -0.2) is 54.7 Å². The average molecular weight is 501 g/mol. The number of pyridine rings is 1. The SMILES string of the molecule is CCC(CCNc1nc(NC2CCSCC2)nc(C)c1-c1nc2c(C)nccc2s1)C(C)(C)O. The molecule has 0 spiro atoms. The largest absolute Gasteiger partial charge is 0.390 e. The van der Waals surface area contributed by atoms with Crippen LogP contribution in [0.15, 0.2) is 12.3 Å². The number of anilines is 2. The van der Waals surface area contributed by atoms with Crippen molar-refractivity contribution in [2.45, 2.75) is 71.9 Å². The summed E-state index contributed by atoms with van der Waals surface area (Å²) in [4.78, 5) is 19.1. The Morgan fingerprint density at radius 2 is 1.91 bits per heavy atom. The van der Waals surface area contributed by atoms with Crippen molar-refractivity contribution in [3.8, 4) is 10.6 Å². The molecule has 1 atom stereocenters. The lowest BCUT2D eigenvalue weighted by atomic mass is 9.86. The standard InChI is InChI=1S/C25H36N6OS2/c1-6-17(25(4,5)32)7-11-27-22-20(23-30-21-16(3)26-12-8-19(21)34-23)15(2)28-24(31-22)29-18-9-13-33-14-10-18/h8,12,17-18,32H,6-7,9-11,13-14H2,1-5H3,(H2,27,28,29,31). The third-order valence-electron chi connectivity index (χ3n) is 6.63. The second-order valence-corrected chi connectivity index (χ2v) is 11.9. The molecule has 3 aromatic heterocycles. The molecular weight excluding hydrogens is 464 g/mol. The fourth-order valence-electron chi connectivity index (χ4n) is 4.56. The van der Waals surface area contributed by atoms with Gasteiger partial charge in [0.05, 0.1) is 27.3 Å². The van der Waals surface area contributed by atoms with Crippen molar-refractivity contribution >= 4 is 45.1 Å². The van der Waals surface area contributed by atoms with Gasteiger partial charge in [0, 0.05) is 18.8 Å². The van der Waals surface area contributed by atoms with Crippen molar-refractivity contribution in [2.75, 3.05) is 28.7 Å². The molecule has 1 unspecified atom stereocenters. The molecule has 3 aromatic rings. The van der Waals surface area contributed by atoms with E-state index in [9.17, 15) is 5.11 Å². The fourth-order valence-corrected chi connectivity index (χ4v) is 6.77. The van der Waals surface area contributed by atoms with Gasteiger partial charge in [-0.05, 0) is 70.4 Å². The first-order chi connectivity index (χ1) is 16.3. The van der Waals surface area contributed by atoms with Crippen LogP contribution in [0.1, 0.15) is 57.8 Å². The number of hydrogen-bond acceptors (Lipinski definition) is 9. The molecule has 4 heterocycles. The summed E-state index contributed by atoms with van der Waals surface area (Å²) in [6.45, 7) is 10.7. The highest BCUT2D eigenvalue weighted by Gasteiger charge is 2.25. The molecule has 0 aliphatic carbocycles. The van der Waals surface area contributed by atoms with Crippen molar-refractivity contribution in [3.05, 3.63) is 23.7 Å². The van der Waals surface area contributed by atoms with Crippen LogP contribution in [0.2, 0.25) is 0 Å². The molecule has 0 saturated carbocycles. The molecule has 9 heteroatoms. The zero-order chi connectivity index (χ0) is 24.3. The highest BCUT2D eigenvalue weighted by Crippen LogP contribution is 2.37. The quantitative estimate of drug-likeness (QED) is 0.346. The number of hydrogen-bond donors (Lipinski definition) is 3. The van der Waals surface area contributed by atoms with Gasteiger partial charge in [-0.25, -0.2) is 9.97 Å². The number of rotatable bonds is 9. The third-order valence-corrected chi connectivity index (χ3v) is 8.71. The number of aryl methyl sites for hydroxylation is 2. The van der Waals surface area contributed by atoms with Crippen molar-refractivity contribution in [3.63, 3.8) is 0 Å².